The molecule has 14 heavy (non-hydrogen) atoms. The lowest BCUT2D eigenvalue weighted by atomic mass is 10.1. The van der Waals surface area contributed by atoms with Crippen LogP contribution in [-0.2, 0) is 0 Å². The van der Waals surface area contributed by atoms with E-state index in [-0.39, 0.29) is 0 Å². The van der Waals surface area contributed by atoms with E-state index in [1.807, 2.05) is 6.07 Å². The van der Waals surface area contributed by atoms with Crippen LogP contribution in [0, 0.1) is 5.92 Å². The second kappa shape index (κ2) is 4.14. The van der Waals surface area contributed by atoms with Crippen molar-refractivity contribution in [3.05, 3.63) is 6.07 Å². The maximum atomic E-state index is 8.84. The molecule has 0 bridgehead atoms. The van der Waals surface area contributed by atoms with Gasteiger partial charge >= 0.3 is 0 Å². The van der Waals surface area contributed by atoms with E-state index in [0.29, 0.717) is 18.3 Å². The van der Waals surface area contributed by atoms with Crippen LogP contribution >= 0.6 is 11.5 Å². The van der Waals surface area contributed by atoms with E-state index in [4.69, 9.17) is 10.8 Å². The van der Waals surface area contributed by atoms with Crippen molar-refractivity contribution in [3.8, 4) is 0 Å². The predicted octanol–water partition coefficient (Wildman–Crippen LogP) is 0.934. The van der Waals surface area contributed by atoms with Crippen molar-refractivity contribution >= 4 is 22.4 Å². The molecule has 2 rings (SSSR count). The Morgan fingerprint density at radius 1 is 1.71 bits per heavy atom. The van der Waals surface area contributed by atoms with Crippen molar-refractivity contribution in [2.24, 2.45) is 5.92 Å². The Kier molecular flexibility index (Phi) is 2.88. The van der Waals surface area contributed by atoms with Crippen molar-refractivity contribution in [3.63, 3.8) is 0 Å². The zero-order valence-electron chi connectivity index (χ0n) is 8.02. The summed E-state index contributed by atoms with van der Waals surface area (Å²) < 4.78 is 4.06. The third-order valence-electron chi connectivity index (χ3n) is 2.65. The number of nitrogens with zero attached hydrogens (tertiary/aromatic N) is 2. The monoisotopic (exact) mass is 213 g/mol. The Hall–Kier alpha value is -0.810. The molecular weight excluding hydrogens is 198 g/mol. The summed E-state index contributed by atoms with van der Waals surface area (Å²) in [6, 6.07) is 1.92. The van der Waals surface area contributed by atoms with Crippen LogP contribution in [-0.4, -0.2) is 29.2 Å². The van der Waals surface area contributed by atoms with Crippen LogP contribution in [0.4, 0.5) is 10.8 Å². The molecule has 0 radical (unpaired) electrons. The van der Waals surface area contributed by atoms with E-state index < -0.39 is 0 Å². The number of aromatic nitrogens is 1. The van der Waals surface area contributed by atoms with Gasteiger partial charge in [0.05, 0.1) is 0 Å². The average Bonchev–Trinajstić information content (AvgIpc) is 2.74. The second-order valence-corrected chi connectivity index (χ2v) is 4.49. The number of hydrogen-bond donors (Lipinski definition) is 2. The smallest absolute Gasteiger partial charge is 0.139 e. The number of rotatable bonds is 3. The lowest BCUT2D eigenvalue weighted by Gasteiger charge is -2.14. The van der Waals surface area contributed by atoms with Gasteiger partial charge in [-0.05, 0) is 30.3 Å². The number of nitrogen functional groups attached to an aromatic ring is 1. The van der Waals surface area contributed by atoms with Crippen LogP contribution in [0.5, 0.6) is 0 Å². The fourth-order valence-corrected chi connectivity index (χ4v) is 2.59. The van der Waals surface area contributed by atoms with Crippen molar-refractivity contribution in [1.29, 1.82) is 0 Å². The van der Waals surface area contributed by atoms with Crippen molar-refractivity contribution in [1.82, 2.24) is 4.37 Å². The van der Waals surface area contributed by atoms with Gasteiger partial charge in [0, 0.05) is 25.8 Å². The number of hydrogen-bond acceptors (Lipinski definition) is 5. The zero-order valence-corrected chi connectivity index (χ0v) is 8.83. The number of aliphatic hydroxyl groups excluding tert-OH is 1. The van der Waals surface area contributed by atoms with Crippen molar-refractivity contribution in [2.75, 3.05) is 30.3 Å². The predicted molar refractivity (Wildman–Crippen MR) is 58.5 cm³/mol. The maximum Gasteiger partial charge on any atom is 0.139 e. The second-order valence-electron chi connectivity index (χ2n) is 3.70. The molecule has 1 aromatic rings. The molecule has 1 aromatic heterocycles. The van der Waals surface area contributed by atoms with Crippen molar-refractivity contribution in [2.45, 2.75) is 12.8 Å². The molecule has 0 aliphatic carbocycles. The van der Waals surface area contributed by atoms with Crippen LogP contribution in [0.2, 0.25) is 0 Å². The zero-order chi connectivity index (χ0) is 9.97. The SMILES string of the molecule is Nc1cc(N2CCC(CCO)C2)sn1. The summed E-state index contributed by atoms with van der Waals surface area (Å²) in [4.78, 5) is 2.30. The van der Waals surface area contributed by atoms with Gasteiger partial charge in [-0.25, -0.2) is 0 Å². The number of aliphatic hydroxyl groups is 1. The quantitative estimate of drug-likeness (QED) is 0.784. The van der Waals surface area contributed by atoms with Crippen molar-refractivity contribution < 1.29 is 5.11 Å². The highest BCUT2D eigenvalue weighted by molar-refractivity contribution is 7.10. The molecule has 0 saturated carbocycles. The highest BCUT2D eigenvalue weighted by Crippen LogP contribution is 2.29. The molecule has 2 heterocycles. The Morgan fingerprint density at radius 3 is 3.21 bits per heavy atom. The first-order chi connectivity index (χ1) is 6.79. The summed E-state index contributed by atoms with van der Waals surface area (Å²) in [5.74, 6) is 1.24. The van der Waals surface area contributed by atoms with Gasteiger partial charge in [-0.1, -0.05) is 0 Å². The lowest BCUT2D eigenvalue weighted by Crippen LogP contribution is -2.18. The van der Waals surface area contributed by atoms with E-state index in [1.54, 1.807) is 0 Å². The summed E-state index contributed by atoms with van der Waals surface area (Å²) in [6.45, 7) is 2.39. The Balaban J connectivity index is 1.95. The molecule has 3 N–H and O–H groups in total. The summed E-state index contributed by atoms with van der Waals surface area (Å²) in [5, 5.41) is 9.99. The van der Waals surface area contributed by atoms with Crippen LogP contribution < -0.4 is 10.6 Å². The summed E-state index contributed by atoms with van der Waals surface area (Å²) in [5.41, 5.74) is 5.57. The van der Waals surface area contributed by atoms with Crippen LogP contribution in [0.1, 0.15) is 12.8 Å². The van der Waals surface area contributed by atoms with E-state index in [2.05, 4.69) is 9.27 Å². The topological polar surface area (TPSA) is 62.4 Å². The molecule has 5 heteroatoms. The van der Waals surface area contributed by atoms with Gasteiger partial charge in [0.15, 0.2) is 0 Å². The molecule has 1 saturated heterocycles. The van der Waals surface area contributed by atoms with Gasteiger partial charge in [0.2, 0.25) is 0 Å². The fourth-order valence-electron chi connectivity index (χ4n) is 1.88. The normalized spacial score (nSPS) is 21.8. The first-order valence-corrected chi connectivity index (χ1v) is 5.65. The van der Waals surface area contributed by atoms with E-state index >= 15 is 0 Å². The van der Waals surface area contributed by atoms with Crippen LogP contribution in [0.25, 0.3) is 0 Å². The number of nitrogens with two attached hydrogens (primary N) is 1. The third kappa shape index (κ3) is 1.99. The Morgan fingerprint density at radius 2 is 2.57 bits per heavy atom. The summed E-state index contributed by atoms with van der Waals surface area (Å²) in [7, 11) is 0. The molecule has 0 spiro atoms. The first-order valence-electron chi connectivity index (χ1n) is 4.87. The van der Waals surface area contributed by atoms with Crippen LogP contribution in [0.15, 0.2) is 6.07 Å². The average molecular weight is 213 g/mol. The first kappa shape index (κ1) is 9.73. The molecule has 1 unspecified atom stereocenters. The van der Waals surface area contributed by atoms with Gasteiger partial charge in [0.25, 0.3) is 0 Å². The molecule has 1 aliphatic rings. The largest absolute Gasteiger partial charge is 0.396 e. The molecular formula is C9H15N3OS. The summed E-state index contributed by atoms with van der Waals surface area (Å²) >= 11 is 1.46. The lowest BCUT2D eigenvalue weighted by molar-refractivity contribution is 0.263. The van der Waals surface area contributed by atoms with Gasteiger partial charge in [-0.2, -0.15) is 4.37 Å². The third-order valence-corrected chi connectivity index (χ3v) is 3.52. The highest BCUT2D eigenvalue weighted by atomic mass is 32.1. The minimum atomic E-state index is 0.295. The Labute approximate surface area is 87.5 Å². The van der Waals surface area contributed by atoms with E-state index in [0.717, 1.165) is 24.5 Å². The molecule has 4 nitrogen and oxygen atoms in total. The molecule has 1 fully saturated rings. The van der Waals surface area contributed by atoms with Gasteiger partial charge in [-0.3, -0.25) is 0 Å². The minimum absolute atomic E-state index is 0.295. The van der Waals surface area contributed by atoms with Gasteiger partial charge in [-0.15, -0.1) is 0 Å². The standard InChI is InChI=1S/C9H15N3OS/c10-8-5-9(14-11-8)12-3-1-7(6-12)2-4-13/h5,7,13H,1-4,6H2,(H2,10,11). The van der Waals surface area contributed by atoms with Gasteiger partial charge < -0.3 is 15.7 Å². The number of anilines is 2. The van der Waals surface area contributed by atoms with Crippen LogP contribution in [0.3, 0.4) is 0 Å². The van der Waals surface area contributed by atoms with Gasteiger partial charge in [0.1, 0.15) is 10.8 Å². The molecule has 78 valence electrons. The molecule has 0 amide bonds. The molecule has 0 aromatic carbocycles. The fraction of sp³-hybridized carbons (Fsp3) is 0.667. The molecule has 1 atom stereocenters. The highest BCUT2D eigenvalue weighted by Gasteiger charge is 2.23. The minimum Gasteiger partial charge on any atom is -0.396 e. The maximum absolute atomic E-state index is 8.84. The van der Waals surface area contributed by atoms with E-state index in [9.17, 15) is 0 Å². The Bertz CT molecular complexity index is 302. The summed E-state index contributed by atoms with van der Waals surface area (Å²) in [6.07, 6.45) is 2.07. The molecule has 1 aliphatic heterocycles. The van der Waals surface area contributed by atoms with E-state index in [1.165, 1.54) is 18.0 Å².